The molecule has 0 unspecified atom stereocenters. The lowest BCUT2D eigenvalue weighted by Crippen LogP contribution is -2.51. The van der Waals surface area contributed by atoms with Gasteiger partial charge in [-0.15, -0.1) is 0 Å². The monoisotopic (exact) mass is 374 g/mol. The molecular weight excluding hydrogens is 360 g/mol. The molecule has 5 nitrogen and oxygen atoms in total. The van der Waals surface area contributed by atoms with Gasteiger partial charge in [0.2, 0.25) is 5.91 Å². The number of phenolic OH excluding ortho intramolecular Hbond substituents is 1. The lowest BCUT2D eigenvalue weighted by molar-refractivity contribution is -0.122. The summed E-state index contributed by atoms with van der Waals surface area (Å²) in [4.78, 5) is 26.1. The molecule has 0 fully saturated rings. The van der Waals surface area contributed by atoms with Crippen LogP contribution in [0.25, 0.3) is 0 Å². The lowest BCUT2D eigenvalue weighted by atomic mass is 9.93. The van der Waals surface area contributed by atoms with Gasteiger partial charge in [0.1, 0.15) is 11.8 Å². The molecule has 1 heterocycles. The van der Waals surface area contributed by atoms with Gasteiger partial charge in [0.15, 0.2) is 0 Å². The zero-order chi connectivity index (χ0) is 16.6. The fourth-order valence-electron chi connectivity index (χ4n) is 2.82. The normalized spacial score (nSPS) is 16.7. The number of primary amides is 1. The van der Waals surface area contributed by atoms with E-state index in [1.54, 1.807) is 6.07 Å². The van der Waals surface area contributed by atoms with Crippen molar-refractivity contribution in [1.82, 2.24) is 4.90 Å². The van der Waals surface area contributed by atoms with E-state index in [1.165, 1.54) is 17.0 Å². The number of aromatic hydroxyl groups is 1. The van der Waals surface area contributed by atoms with Crippen molar-refractivity contribution in [3.05, 3.63) is 63.6 Å². The van der Waals surface area contributed by atoms with Gasteiger partial charge < -0.3 is 15.7 Å². The molecule has 0 saturated heterocycles. The molecule has 2 aromatic carbocycles. The summed E-state index contributed by atoms with van der Waals surface area (Å²) in [6, 6.07) is 11.5. The third-order valence-electron chi connectivity index (χ3n) is 4.03. The number of amides is 2. The number of phenols is 1. The first-order valence-corrected chi connectivity index (χ1v) is 7.92. The van der Waals surface area contributed by atoms with Crippen LogP contribution in [0.4, 0.5) is 0 Å². The van der Waals surface area contributed by atoms with Gasteiger partial charge in [-0.05, 0) is 29.3 Å². The van der Waals surface area contributed by atoms with Gasteiger partial charge in [-0.1, -0.05) is 40.2 Å². The first-order chi connectivity index (χ1) is 11.0. The molecule has 2 aromatic rings. The van der Waals surface area contributed by atoms with Gasteiger partial charge in [-0.2, -0.15) is 0 Å². The van der Waals surface area contributed by atoms with Crippen LogP contribution in [-0.4, -0.2) is 27.9 Å². The topological polar surface area (TPSA) is 83.6 Å². The number of fused-ring (bicyclic) bond motifs is 1. The smallest absolute Gasteiger partial charge is 0.258 e. The molecule has 1 aliphatic rings. The van der Waals surface area contributed by atoms with Crippen LogP contribution in [0, 0.1) is 0 Å². The highest BCUT2D eigenvalue weighted by atomic mass is 79.9. The second-order valence-corrected chi connectivity index (χ2v) is 6.40. The number of halogens is 1. The third kappa shape index (κ3) is 2.94. The Morgan fingerprint density at radius 3 is 2.57 bits per heavy atom. The molecule has 0 aliphatic carbocycles. The van der Waals surface area contributed by atoms with E-state index in [0.717, 1.165) is 11.1 Å². The van der Waals surface area contributed by atoms with E-state index >= 15 is 0 Å². The second-order valence-electron chi connectivity index (χ2n) is 5.49. The molecule has 0 radical (unpaired) electrons. The van der Waals surface area contributed by atoms with Crippen LogP contribution in [0.1, 0.15) is 21.5 Å². The van der Waals surface area contributed by atoms with E-state index in [9.17, 15) is 14.7 Å². The Balaban J connectivity index is 2.01. The molecule has 3 N–H and O–H groups in total. The molecule has 0 aromatic heterocycles. The Hall–Kier alpha value is -2.34. The zero-order valence-corrected chi connectivity index (χ0v) is 13.8. The summed E-state index contributed by atoms with van der Waals surface area (Å²) in [6.07, 6.45) is 0.381. The van der Waals surface area contributed by atoms with Crippen LogP contribution < -0.4 is 5.73 Å². The number of hydrogen-bond acceptors (Lipinski definition) is 3. The van der Waals surface area contributed by atoms with E-state index in [2.05, 4.69) is 15.9 Å². The Morgan fingerprint density at radius 2 is 1.87 bits per heavy atom. The minimum Gasteiger partial charge on any atom is -0.507 e. The third-order valence-corrected chi connectivity index (χ3v) is 4.52. The number of rotatable bonds is 2. The van der Waals surface area contributed by atoms with Gasteiger partial charge in [-0.3, -0.25) is 9.59 Å². The minimum absolute atomic E-state index is 0.125. The van der Waals surface area contributed by atoms with Crippen molar-refractivity contribution in [2.75, 3.05) is 0 Å². The summed E-state index contributed by atoms with van der Waals surface area (Å²) < 4.78 is 0.673. The minimum atomic E-state index is -0.726. The predicted molar refractivity (Wildman–Crippen MR) is 88.8 cm³/mol. The molecule has 0 saturated carbocycles. The fourth-order valence-corrected chi connectivity index (χ4v) is 3.19. The average molecular weight is 375 g/mol. The maximum atomic E-state index is 12.8. The van der Waals surface area contributed by atoms with Gasteiger partial charge in [0, 0.05) is 17.4 Å². The Labute approximate surface area is 141 Å². The zero-order valence-electron chi connectivity index (χ0n) is 12.2. The van der Waals surface area contributed by atoms with E-state index in [0.29, 0.717) is 10.9 Å². The van der Waals surface area contributed by atoms with Crippen LogP contribution in [-0.2, 0) is 17.8 Å². The summed E-state index contributed by atoms with van der Waals surface area (Å²) >= 11 is 3.28. The van der Waals surface area contributed by atoms with Crippen LogP contribution in [0.15, 0.2) is 46.9 Å². The van der Waals surface area contributed by atoms with Crippen LogP contribution in [0.5, 0.6) is 5.75 Å². The molecule has 3 rings (SSSR count). The summed E-state index contributed by atoms with van der Waals surface area (Å²) in [7, 11) is 0. The van der Waals surface area contributed by atoms with E-state index in [4.69, 9.17) is 5.73 Å². The maximum absolute atomic E-state index is 12.8. The van der Waals surface area contributed by atoms with Crippen LogP contribution in [0.2, 0.25) is 0 Å². The number of hydrogen-bond donors (Lipinski definition) is 2. The van der Waals surface area contributed by atoms with E-state index in [1.807, 2.05) is 24.3 Å². The van der Waals surface area contributed by atoms with Gasteiger partial charge >= 0.3 is 0 Å². The van der Waals surface area contributed by atoms with Crippen molar-refractivity contribution in [1.29, 1.82) is 0 Å². The lowest BCUT2D eigenvalue weighted by Gasteiger charge is -2.35. The molecule has 0 bridgehead atoms. The number of carbonyl (C=O) groups is 2. The quantitative estimate of drug-likeness (QED) is 0.844. The van der Waals surface area contributed by atoms with Crippen molar-refractivity contribution in [3.8, 4) is 5.75 Å². The summed E-state index contributed by atoms with van der Waals surface area (Å²) in [5.74, 6) is -1.09. The average Bonchev–Trinajstić information content (AvgIpc) is 2.55. The molecule has 1 aliphatic heterocycles. The first-order valence-electron chi connectivity index (χ1n) is 7.13. The van der Waals surface area contributed by atoms with Crippen LogP contribution in [0.3, 0.4) is 0 Å². The SMILES string of the molecule is NC(=O)[C@H]1Cc2ccccc2CN1C(=O)c1cc(Br)ccc1O. The first kappa shape index (κ1) is 15.6. The molecule has 23 heavy (non-hydrogen) atoms. The predicted octanol–water partition coefficient (Wildman–Crippen LogP) is 2.21. The van der Waals surface area contributed by atoms with Crippen molar-refractivity contribution in [2.24, 2.45) is 5.73 Å². The summed E-state index contributed by atoms with van der Waals surface area (Å²) in [6.45, 7) is 0.286. The molecule has 1 atom stereocenters. The number of nitrogens with two attached hydrogens (primary N) is 1. The highest BCUT2D eigenvalue weighted by Crippen LogP contribution is 2.28. The van der Waals surface area contributed by atoms with Crippen molar-refractivity contribution in [2.45, 2.75) is 19.0 Å². The summed E-state index contributed by atoms with van der Waals surface area (Å²) in [5.41, 5.74) is 7.63. The largest absolute Gasteiger partial charge is 0.507 e. The van der Waals surface area contributed by atoms with Crippen molar-refractivity contribution in [3.63, 3.8) is 0 Å². The summed E-state index contributed by atoms with van der Waals surface area (Å²) in [5, 5.41) is 9.97. The van der Waals surface area contributed by atoms with Crippen molar-refractivity contribution >= 4 is 27.7 Å². The molecule has 2 amide bonds. The van der Waals surface area contributed by atoms with Crippen LogP contribution >= 0.6 is 15.9 Å². The number of benzene rings is 2. The fraction of sp³-hybridized carbons (Fsp3) is 0.176. The van der Waals surface area contributed by atoms with Gasteiger partial charge in [0.25, 0.3) is 5.91 Å². The van der Waals surface area contributed by atoms with E-state index < -0.39 is 17.9 Å². The molecule has 0 spiro atoms. The van der Waals surface area contributed by atoms with Gasteiger partial charge in [-0.25, -0.2) is 0 Å². The second kappa shape index (κ2) is 6.04. The molecule has 118 valence electrons. The number of carbonyl (C=O) groups excluding carboxylic acids is 2. The highest BCUT2D eigenvalue weighted by molar-refractivity contribution is 9.10. The Bertz CT molecular complexity index is 791. The van der Waals surface area contributed by atoms with Gasteiger partial charge in [0.05, 0.1) is 5.56 Å². The van der Waals surface area contributed by atoms with Crippen molar-refractivity contribution < 1.29 is 14.7 Å². The molecule has 6 heteroatoms. The molecular formula is C17H15BrN2O3. The van der Waals surface area contributed by atoms with E-state index in [-0.39, 0.29) is 17.9 Å². The Morgan fingerprint density at radius 1 is 1.17 bits per heavy atom. The maximum Gasteiger partial charge on any atom is 0.258 e. The number of nitrogens with zero attached hydrogens (tertiary/aromatic N) is 1. The highest BCUT2D eigenvalue weighted by Gasteiger charge is 2.34. The standard InChI is InChI=1S/C17H15BrN2O3/c18-12-5-6-15(21)13(8-12)17(23)20-9-11-4-2-1-3-10(11)7-14(20)16(19)22/h1-6,8,14,21H,7,9H2,(H2,19,22)/t14-/m1/s1. The Kier molecular flexibility index (Phi) is 4.09.